The van der Waals surface area contributed by atoms with Crippen molar-refractivity contribution in [2.24, 2.45) is 0 Å². The van der Waals surface area contributed by atoms with Crippen LogP contribution in [-0.2, 0) is 22.5 Å². The maximum absolute atomic E-state index is 13.4. The van der Waals surface area contributed by atoms with Crippen molar-refractivity contribution in [1.29, 1.82) is 0 Å². The highest BCUT2D eigenvalue weighted by Gasteiger charge is 2.17. The molecule has 1 atom stereocenters. The van der Waals surface area contributed by atoms with Crippen LogP contribution in [0.1, 0.15) is 36.2 Å². The van der Waals surface area contributed by atoms with Crippen molar-refractivity contribution in [1.82, 2.24) is 20.1 Å². The van der Waals surface area contributed by atoms with Gasteiger partial charge >= 0.3 is 0 Å². The molecule has 0 bridgehead atoms. The van der Waals surface area contributed by atoms with Crippen molar-refractivity contribution in [3.63, 3.8) is 0 Å². The number of benzene rings is 2. The molecule has 0 aliphatic heterocycles. The number of methoxy groups -OCH3 is 1. The van der Waals surface area contributed by atoms with E-state index in [0.29, 0.717) is 26.1 Å². The second-order valence-electron chi connectivity index (χ2n) is 8.43. The largest absolute Gasteiger partial charge is 0.383 e. The monoisotopic (exact) mass is 460 g/mol. The summed E-state index contributed by atoms with van der Waals surface area (Å²) in [4.78, 5) is 17.7. The van der Waals surface area contributed by atoms with Gasteiger partial charge in [0.05, 0.1) is 29.7 Å². The molecule has 176 valence electrons. The van der Waals surface area contributed by atoms with E-state index in [1.54, 1.807) is 30.1 Å². The van der Waals surface area contributed by atoms with Gasteiger partial charge in [0.1, 0.15) is 11.6 Å². The van der Waals surface area contributed by atoms with Crippen molar-refractivity contribution >= 4 is 16.7 Å². The summed E-state index contributed by atoms with van der Waals surface area (Å²) in [5.74, 6) is -0.00779. The normalized spacial score (nSPS) is 12.2. The number of hydrogen-bond donors (Lipinski definition) is 1. The molecule has 0 saturated heterocycles. The summed E-state index contributed by atoms with van der Waals surface area (Å²) in [6, 6.07) is 18.2. The molecule has 4 aromatic rings. The van der Waals surface area contributed by atoms with Gasteiger partial charge in [0.15, 0.2) is 0 Å². The molecule has 2 aromatic heterocycles. The summed E-state index contributed by atoms with van der Waals surface area (Å²) in [5.41, 5.74) is 4.25. The third-order valence-electron chi connectivity index (χ3n) is 5.80. The number of fused-ring (bicyclic) bond motifs is 1. The van der Waals surface area contributed by atoms with Gasteiger partial charge in [-0.1, -0.05) is 37.3 Å². The molecule has 0 fully saturated rings. The highest BCUT2D eigenvalue weighted by molar-refractivity contribution is 5.86. The van der Waals surface area contributed by atoms with Crippen LogP contribution in [0.5, 0.6) is 0 Å². The summed E-state index contributed by atoms with van der Waals surface area (Å²) in [6.07, 6.45) is 2.49. The fraction of sp³-hybridized carbons (Fsp3) is 0.296. The number of carbonyl (C=O) groups is 1. The van der Waals surface area contributed by atoms with Crippen LogP contribution in [0.4, 0.5) is 4.39 Å². The first-order valence-corrected chi connectivity index (χ1v) is 11.4. The second-order valence-corrected chi connectivity index (χ2v) is 8.43. The smallest absolute Gasteiger partial charge is 0.139 e. The van der Waals surface area contributed by atoms with Crippen molar-refractivity contribution in [2.75, 3.05) is 20.3 Å². The van der Waals surface area contributed by atoms with Crippen LogP contribution in [0.15, 0.2) is 66.9 Å². The molecule has 34 heavy (non-hydrogen) atoms. The quantitative estimate of drug-likeness (QED) is 0.331. The highest BCUT2D eigenvalue weighted by atomic mass is 19.1. The Hall–Kier alpha value is -3.42. The number of rotatable bonds is 11. The first-order chi connectivity index (χ1) is 16.5. The first-order valence-electron chi connectivity index (χ1n) is 11.4. The predicted octanol–water partition coefficient (Wildman–Crippen LogP) is 4.60. The summed E-state index contributed by atoms with van der Waals surface area (Å²) >= 11 is 0. The van der Waals surface area contributed by atoms with Gasteiger partial charge in [0.25, 0.3) is 0 Å². The molecule has 4 rings (SSSR count). The molecule has 2 aromatic carbocycles. The summed E-state index contributed by atoms with van der Waals surface area (Å²) < 4.78 is 20.3. The summed E-state index contributed by atoms with van der Waals surface area (Å²) in [6.45, 7) is 3.81. The lowest BCUT2D eigenvalue weighted by Crippen LogP contribution is -2.20. The number of carbonyl (C=O) groups excluding carboxylic acids is 1. The van der Waals surface area contributed by atoms with Gasteiger partial charge in [-0.25, -0.2) is 9.07 Å². The number of hydrogen-bond acceptors (Lipinski definition) is 5. The second kappa shape index (κ2) is 11.1. The first kappa shape index (κ1) is 23.7. The van der Waals surface area contributed by atoms with E-state index < -0.39 is 0 Å². The number of ketones is 1. The van der Waals surface area contributed by atoms with Crippen molar-refractivity contribution < 1.29 is 13.9 Å². The molecular formula is C27H29FN4O2. The lowest BCUT2D eigenvalue weighted by Gasteiger charge is -2.13. The molecule has 6 nitrogen and oxygen atoms in total. The van der Waals surface area contributed by atoms with E-state index in [1.165, 1.54) is 12.1 Å². The highest BCUT2D eigenvalue weighted by Crippen LogP contribution is 2.24. The van der Waals surface area contributed by atoms with E-state index in [0.717, 1.165) is 33.5 Å². The number of nitrogens with zero attached hydrogens (tertiary/aromatic N) is 3. The minimum atomic E-state index is -0.301. The fourth-order valence-corrected chi connectivity index (χ4v) is 4.08. The third kappa shape index (κ3) is 5.73. The van der Waals surface area contributed by atoms with E-state index in [2.05, 4.69) is 29.5 Å². The number of halogens is 1. The zero-order chi connectivity index (χ0) is 23.9. The van der Waals surface area contributed by atoms with E-state index in [-0.39, 0.29) is 23.9 Å². The average molecular weight is 461 g/mol. The number of aromatic nitrogens is 3. The minimum Gasteiger partial charge on any atom is -0.383 e. The van der Waals surface area contributed by atoms with Gasteiger partial charge in [0, 0.05) is 44.1 Å². The maximum atomic E-state index is 13.4. The van der Waals surface area contributed by atoms with E-state index in [1.807, 2.05) is 24.3 Å². The van der Waals surface area contributed by atoms with Gasteiger partial charge in [-0.05, 0) is 41.8 Å². The number of pyridine rings is 1. The predicted molar refractivity (Wildman–Crippen MR) is 131 cm³/mol. The molecular weight excluding hydrogens is 431 g/mol. The Bertz CT molecular complexity index is 1240. The number of nitrogens with one attached hydrogen (secondary N) is 1. The number of Topliss-reactive ketones (excluding diaryl/α,β-unsaturated/α-hetero) is 1. The zero-order valence-corrected chi connectivity index (χ0v) is 19.5. The number of ether oxygens (including phenoxy) is 1. The molecule has 0 aliphatic carbocycles. The standard InChI is InChI=1S/C27H29FN4O2/c1-19(20-6-4-3-5-7-20)14-25(33)16-23-15-21-17-30-32(24-10-8-22(28)9-11-24)27(21)26(31-23)18-29-12-13-34-2/h3-11,15,17,19,29H,12-14,16,18H2,1-2H3/t19-/m0/s1. The maximum Gasteiger partial charge on any atom is 0.139 e. The molecule has 1 N–H and O–H groups in total. The molecule has 7 heteroatoms. The SMILES string of the molecule is COCCNCc1nc(CC(=O)C[C@H](C)c2ccccc2)cc2cnn(-c3ccc(F)cc3)c12. The fourth-order valence-electron chi connectivity index (χ4n) is 4.08. The minimum absolute atomic E-state index is 0.146. The van der Waals surface area contributed by atoms with Gasteiger partial charge in [0.2, 0.25) is 0 Å². The van der Waals surface area contributed by atoms with Crippen LogP contribution in [0, 0.1) is 5.82 Å². The lowest BCUT2D eigenvalue weighted by atomic mass is 9.94. The van der Waals surface area contributed by atoms with Gasteiger partial charge < -0.3 is 10.1 Å². The van der Waals surface area contributed by atoms with Crippen LogP contribution in [-0.4, -0.2) is 40.8 Å². The molecule has 0 radical (unpaired) electrons. The topological polar surface area (TPSA) is 69.0 Å². The Morgan fingerprint density at radius 2 is 1.91 bits per heavy atom. The Balaban J connectivity index is 1.60. The van der Waals surface area contributed by atoms with Crippen LogP contribution in [0.3, 0.4) is 0 Å². The Labute approximate surface area is 198 Å². The van der Waals surface area contributed by atoms with Crippen LogP contribution < -0.4 is 5.32 Å². The Morgan fingerprint density at radius 1 is 1.15 bits per heavy atom. The van der Waals surface area contributed by atoms with Crippen LogP contribution in [0.2, 0.25) is 0 Å². The Kier molecular flexibility index (Phi) is 7.77. The van der Waals surface area contributed by atoms with Gasteiger partial charge in [-0.15, -0.1) is 0 Å². The van der Waals surface area contributed by atoms with E-state index >= 15 is 0 Å². The Morgan fingerprint density at radius 3 is 2.65 bits per heavy atom. The van der Waals surface area contributed by atoms with Gasteiger partial charge in [-0.3, -0.25) is 9.78 Å². The van der Waals surface area contributed by atoms with Crippen molar-refractivity contribution in [2.45, 2.75) is 32.2 Å². The lowest BCUT2D eigenvalue weighted by molar-refractivity contribution is -0.118. The van der Waals surface area contributed by atoms with Crippen LogP contribution in [0.25, 0.3) is 16.6 Å². The average Bonchev–Trinajstić information content (AvgIpc) is 3.27. The molecule has 0 unspecified atom stereocenters. The van der Waals surface area contributed by atoms with Crippen molar-refractivity contribution in [3.05, 3.63) is 89.6 Å². The molecule has 2 heterocycles. The summed E-state index contributed by atoms with van der Waals surface area (Å²) in [7, 11) is 1.66. The van der Waals surface area contributed by atoms with Crippen LogP contribution >= 0.6 is 0 Å². The third-order valence-corrected chi connectivity index (χ3v) is 5.80. The molecule has 0 aliphatic rings. The van der Waals surface area contributed by atoms with Gasteiger partial charge in [-0.2, -0.15) is 5.10 Å². The van der Waals surface area contributed by atoms with E-state index in [4.69, 9.17) is 9.72 Å². The molecule has 0 saturated carbocycles. The van der Waals surface area contributed by atoms with Crippen molar-refractivity contribution in [3.8, 4) is 5.69 Å². The molecule has 0 amide bonds. The zero-order valence-electron chi connectivity index (χ0n) is 19.5. The molecule has 0 spiro atoms. The summed E-state index contributed by atoms with van der Waals surface area (Å²) in [5, 5.41) is 8.75. The van der Waals surface area contributed by atoms with E-state index in [9.17, 15) is 9.18 Å².